The summed E-state index contributed by atoms with van der Waals surface area (Å²) in [7, 11) is 0. The first kappa shape index (κ1) is 14.3. The Balaban J connectivity index is 2.45. The van der Waals surface area contributed by atoms with Crippen molar-refractivity contribution < 1.29 is 4.79 Å². The fourth-order valence-corrected chi connectivity index (χ4v) is 2.47. The molecule has 0 radical (unpaired) electrons. The van der Waals surface area contributed by atoms with Crippen molar-refractivity contribution >= 4 is 5.91 Å². The van der Waals surface area contributed by atoms with E-state index in [4.69, 9.17) is 5.73 Å². The Kier molecular flexibility index (Phi) is 4.20. The fraction of sp³-hybridized carbons (Fsp3) is 0.235. The summed E-state index contributed by atoms with van der Waals surface area (Å²) in [6.07, 6.45) is 0. The molecule has 0 saturated carbocycles. The Hall–Kier alpha value is -2.13. The Morgan fingerprint density at radius 1 is 1.05 bits per heavy atom. The van der Waals surface area contributed by atoms with Gasteiger partial charge in [0.15, 0.2) is 0 Å². The van der Waals surface area contributed by atoms with Crippen LogP contribution in [0.2, 0.25) is 0 Å². The van der Waals surface area contributed by atoms with Crippen molar-refractivity contribution in [2.24, 2.45) is 5.73 Å². The lowest BCUT2D eigenvalue weighted by molar-refractivity contribution is -0.121. The van der Waals surface area contributed by atoms with E-state index in [0.717, 1.165) is 11.1 Å². The highest BCUT2D eigenvalue weighted by Gasteiger charge is 2.35. The third-order valence-electron chi connectivity index (χ3n) is 3.59. The maximum Gasteiger partial charge on any atom is 0.217 e. The van der Waals surface area contributed by atoms with Gasteiger partial charge in [-0.2, -0.15) is 0 Å². The predicted molar refractivity (Wildman–Crippen MR) is 81.0 cm³/mol. The summed E-state index contributed by atoms with van der Waals surface area (Å²) in [6, 6.07) is 19.3. The quantitative estimate of drug-likeness (QED) is 0.895. The molecule has 3 nitrogen and oxygen atoms in total. The molecule has 2 atom stereocenters. The van der Waals surface area contributed by atoms with Crippen LogP contribution in [0.15, 0.2) is 60.7 Å². The smallest absolute Gasteiger partial charge is 0.217 e. The zero-order valence-electron chi connectivity index (χ0n) is 11.8. The maximum absolute atomic E-state index is 11.6. The van der Waals surface area contributed by atoms with Gasteiger partial charge < -0.3 is 11.1 Å². The summed E-state index contributed by atoms with van der Waals surface area (Å²) in [5.41, 5.74) is 7.78. The third kappa shape index (κ3) is 2.89. The summed E-state index contributed by atoms with van der Waals surface area (Å²) in [5.74, 6) is -0.0947. The van der Waals surface area contributed by atoms with Gasteiger partial charge in [0.25, 0.3) is 0 Å². The van der Waals surface area contributed by atoms with Crippen molar-refractivity contribution in [3.8, 4) is 0 Å². The van der Waals surface area contributed by atoms with Crippen LogP contribution in [0.5, 0.6) is 0 Å². The van der Waals surface area contributed by atoms with Crippen LogP contribution in [0.1, 0.15) is 31.0 Å². The highest BCUT2D eigenvalue weighted by Crippen LogP contribution is 2.33. The van der Waals surface area contributed by atoms with Crippen LogP contribution in [0.4, 0.5) is 0 Å². The van der Waals surface area contributed by atoms with Crippen LogP contribution in [0.25, 0.3) is 0 Å². The standard InChI is InChI=1S/C17H20N2O/c1-13(20)19-17(2,15-11-7-4-8-12-15)16(18)14-9-5-3-6-10-14/h3-12,16H,18H2,1-2H3,(H,19,20). The van der Waals surface area contributed by atoms with Gasteiger partial charge in [0.2, 0.25) is 5.91 Å². The predicted octanol–water partition coefficient (Wildman–Crippen LogP) is 2.74. The second kappa shape index (κ2) is 5.88. The largest absolute Gasteiger partial charge is 0.345 e. The van der Waals surface area contributed by atoms with Crippen molar-refractivity contribution in [3.63, 3.8) is 0 Å². The number of nitrogens with one attached hydrogen (secondary N) is 1. The zero-order valence-corrected chi connectivity index (χ0v) is 11.8. The first-order chi connectivity index (χ1) is 9.54. The summed E-state index contributed by atoms with van der Waals surface area (Å²) in [5, 5.41) is 3.01. The first-order valence-electron chi connectivity index (χ1n) is 6.69. The van der Waals surface area contributed by atoms with Crippen molar-refractivity contribution in [1.82, 2.24) is 5.32 Å². The van der Waals surface area contributed by atoms with Gasteiger partial charge in [0.05, 0.1) is 11.6 Å². The minimum atomic E-state index is -0.644. The fourth-order valence-electron chi connectivity index (χ4n) is 2.47. The molecule has 3 heteroatoms. The van der Waals surface area contributed by atoms with Crippen LogP contribution >= 0.6 is 0 Å². The van der Waals surface area contributed by atoms with Gasteiger partial charge in [0.1, 0.15) is 0 Å². The lowest BCUT2D eigenvalue weighted by atomic mass is 9.81. The molecule has 0 aliphatic carbocycles. The van der Waals surface area contributed by atoms with E-state index in [2.05, 4.69) is 5.32 Å². The van der Waals surface area contributed by atoms with Crippen LogP contribution < -0.4 is 11.1 Å². The Morgan fingerprint density at radius 2 is 1.55 bits per heavy atom. The molecule has 2 aromatic rings. The van der Waals surface area contributed by atoms with Gasteiger partial charge in [-0.1, -0.05) is 60.7 Å². The molecule has 0 spiro atoms. The van der Waals surface area contributed by atoms with Crippen molar-refractivity contribution in [3.05, 3.63) is 71.8 Å². The van der Waals surface area contributed by atoms with Gasteiger partial charge in [-0.05, 0) is 18.1 Å². The minimum absolute atomic E-state index is 0.0947. The zero-order chi connectivity index (χ0) is 14.6. The average molecular weight is 268 g/mol. The average Bonchev–Trinajstić information content (AvgIpc) is 2.47. The van der Waals surface area contributed by atoms with E-state index in [1.807, 2.05) is 67.6 Å². The van der Waals surface area contributed by atoms with Gasteiger partial charge in [0, 0.05) is 6.92 Å². The van der Waals surface area contributed by atoms with E-state index in [-0.39, 0.29) is 11.9 Å². The summed E-state index contributed by atoms with van der Waals surface area (Å²) in [4.78, 5) is 11.6. The highest BCUT2D eigenvalue weighted by molar-refractivity contribution is 5.74. The van der Waals surface area contributed by atoms with Crippen LogP contribution in [-0.4, -0.2) is 5.91 Å². The monoisotopic (exact) mass is 268 g/mol. The summed E-state index contributed by atoms with van der Waals surface area (Å²) >= 11 is 0. The molecule has 0 fully saturated rings. The molecule has 3 N–H and O–H groups in total. The van der Waals surface area contributed by atoms with Gasteiger partial charge in [-0.3, -0.25) is 4.79 Å². The number of benzene rings is 2. The van der Waals surface area contributed by atoms with Crippen molar-refractivity contribution in [2.75, 3.05) is 0 Å². The summed E-state index contributed by atoms with van der Waals surface area (Å²) in [6.45, 7) is 3.47. The van der Waals surface area contributed by atoms with Crippen LogP contribution in [0.3, 0.4) is 0 Å². The lowest BCUT2D eigenvalue weighted by Crippen LogP contribution is -2.50. The molecule has 20 heavy (non-hydrogen) atoms. The van der Waals surface area contributed by atoms with Crippen molar-refractivity contribution in [1.29, 1.82) is 0 Å². The molecule has 0 aromatic heterocycles. The number of hydrogen-bond acceptors (Lipinski definition) is 2. The number of hydrogen-bond donors (Lipinski definition) is 2. The van der Waals surface area contributed by atoms with Gasteiger partial charge in [-0.15, -0.1) is 0 Å². The molecule has 2 rings (SSSR count). The van der Waals surface area contributed by atoms with Crippen molar-refractivity contribution in [2.45, 2.75) is 25.4 Å². The Morgan fingerprint density at radius 3 is 2.05 bits per heavy atom. The molecule has 0 aliphatic heterocycles. The molecule has 1 amide bonds. The molecule has 0 saturated heterocycles. The highest BCUT2D eigenvalue weighted by atomic mass is 16.1. The number of carbonyl (C=O) groups is 1. The number of rotatable bonds is 4. The van der Waals surface area contributed by atoms with E-state index in [9.17, 15) is 4.79 Å². The minimum Gasteiger partial charge on any atom is -0.345 e. The van der Waals surface area contributed by atoms with Gasteiger partial charge >= 0.3 is 0 Å². The molecule has 0 aliphatic rings. The number of nitrogens with two attached hydrogens (primary N) is 1. The first-order valence-corrected chi connectivity index (χ1v) is 6.69. The molecule has 2 aromatic carbocycles. The maximum atomic E-state index is 11.6. The van der Waals surface area contributed by atoms with Crippen LogP contribution in [-0.2, 0) is 10.3 Å². The van der Waals surface area contributed by atoms with Gasteiger partial charge in [-0.25, -0.2) is 0 Å². The Labute approximate surface area is 119 Å². The van der Waals surface area contributed by atoms with E-state index in [0.29, 0.717) is 0 Å². The molecule has 0 heterocycles. The second-order valence-electron chi connectivity index (χ2n) is 5.14. The lowest BCUT2D eigenvalue weighted by Gasteiger charge is -2.37. The normalized spacial score (nSPS) is 15.2. The molecule has 0 bridgehead atoms. The van der Waals surface area contributed by atoms with E-state index in [1.165, 1.54) is 6.92 Å². The SMILES string of the molecule is CC(=O)NC(C)(c1ccccc1)C(N)c1ccccc1. The molecular formula is C17H20N2O. The van der Waals surface area contributed by atoms with Crippen LogP contribution in [0, 0.1) is 0 Å². The second-order valence-corrected chi connectivity index (χ2v) is 5.14. The topological polar surface area (TPSA) is 55.1 Å². The van der Waals surface area contributed by atoms with E-state index >= 15 is 0 Å². The Bertz CT molecular complexity index is 568. The third-order valence-corrected chi connectivity index (χ3v) is 3.59. The summed E-state index contributed by atoms with van der Waals surface area (Å²) < 4.78 is 0. The number of carbonyl (C=O) groups excluding carboxylic acids is 1. The molecule has 2 unspecified atom stereocenters. The number of amides is 1. The molecule has 104 valence electrons. The molecular weight excluding hydrogens is 248 g/mol. The van der Waals surface area contributed by atoms with E-state index < -0.39 is 5.54 Å². The van der Waals surface area contributed by atoms with E-state index in [1.54, 1.807) is 0 Å².